The SMILES string of the molecule is O=C1[C@@H]2[C@@H](C(=O)N1c1ccc(Cl)cc1)[C@@]1(Cl)C(Cl)=C(Cl)[C@@]2(Cl)C1(Cl)Cl. The van der Waals surface area contributed by atoms with E-state index in [9.17, 15) is 9.59 Å². The van der Waals surface area contributed by atoms with Crippen LogP contribution in [0.2, 0.25) is 5.02 Å². The molecule has 0 radical (unpaired) electrons. The number of halogens is 7. The zero-order valence-corrected chi connectivity index (χ0v) is 17.2. The molecule has 0 unspecified atom stereocenters. The second-order valence-electron chi connectivity index (χ2n) is 6.07. The van der Waals surface area contributed by atoms with Crippen LogP contribution in [0.5, 0.6) is 0 Å². The highest BCUT2D eigenvalue weighted by molar-refractivity contribution is 6.67. The van der Waals surface area contributed by atoms with Gasteiger partial charge in [-0.2, -0.15) is 0 Å². The van der Waals surface area contributed by atoms with Gasteiger partial charge >= 0.3 is 0 Å². The fourth-order valence-corrected chi connectivity index (χ4v) is 6.89. The Kier molecular flexibility index (Phi) is 3.96. The van der Waals surface area contributed by atoms with Gasteiger partial charge in [0.05, 0.1) is 27.6 Å². The van der Waals surface area contributed by atoms with Crippen molar-refractivity contribution in [2.75, 3.05) is 4.90 Å². The minimum atomic E-state index is -1.93. The number of allylic oxidation sites excluding steroid dienone is 2. The lowest BCUT2D eigenvalue weighted by Gasteiger charge is -2.34. The lowest BCUT2D eigenvalue weighted by molar-refractivity contribution is -0.123. The van der Waals surface area contributed by atoms with Crippen LogP contribution < -0.4 is 4.90 Å². The molecule has 25 heavy (non-hydrogen) atoms. The van der Waals surface area contributed by atoms with Crippen LogP contribution in [0.25, 0.3) is 0 Å². The number of anilines is 1. The average molecular weight is 480 g/mol. The van der Waals surface area contributed by atoms with Crippen molar-refractivity contribution < 1.29 is 9.59 Å². The summed E-state index contributed by atoms with van der Waals surface area (Å²) in [7, 11) is 0. The highest BCUT2D eigenvalue weighted by Gasteiger charge is 2.87. The van der Waals surface area contributed by atoms with Crippen LogP contribution in [0.4, 0.5) is 5.69 Å². The summed E-state index contributed by atoms with van der Waals surface area (Å²) < 4.78 is -1.93. The minimum absolute atomic E-state index is 0.115. The van der Waals surface area contributed by atoms with E-state index in [4.69, 9.17) is 81.2 Å². The van der Waals surface area contributed by atoms with Crippen molar-refractivity contribution in [3.63, 3.8) is 0 Å². The first-order valence-electron chi connectivity index (χ1n) is 6.96. The molecule has 3 nitrogen and oxygen atoms in total. The zero-order chi connectivity index (χ0) is 18.5. The number of imide groups is 1. The third kappa shape index (κ3) is 1.84. The van der Waals surface area contributed by atoms with Crippen LogP contribution in [0.3, 0.4) is 0 Å². The van der Waals surface area contributed by atoms with Crippen molar-refractivity contribution >= 4 is 98.7 Å². The number of benzene rings is 1. The molecule has 1 aromatic rings. The smallest absolute Gasteiger partial charge is 0.240 e. The molecule has 2 bridgehead atoms. The van der Waals surface area contributed by atoms with Gasteiger partial charge in [-0.3, -0.25) is 9.59 Å². The Morgan fingerprint density at radius 1 is 0.760 bits per heavy atom. The Bertz CT molecular complexity index is 821. The van der Waals surface area contributed by atoms with Crippen LogP contribution in [-0.2, 0) is 9.59 Å². The molecule has 1 aliphatic heterocycles. The standard InChI is InChI=1S/C15H6Cl7NO2/c16-5-1-3-6(4-2-5)23-11(24)7-8(12(23)25)14(20)10(18)9(17)13(7,19)15(14,21)22/h1-4,7-8H/t7-,8-,13+,14+/m0/s1. The Morgan fingerprint density at radius 3 is 1.56 bits per heavy atom. The number of nitrogens with zero attached hydrogens (tertiary/aromatic N) is 1. The van der Waals surface area contributed by atoms with Crippen molar-refractivity contribution in [1.82, 2.24) is 0 Å². The molecule has 2 aliphatic carbocycles. The van der Waals surface area contributed by atoms with Crippen LogP contribution in [-0.4, -0.2) is 25.9 Å². The van der Waals surface area contributed by atoms with Gasteiger partial charge in [-0.25, -0.2) is 4.90 Å². The number of hydrogen-bond acceptors (Lipinski definition) is 2. The number of fused-ring (bicyclic) bond motifs is 5. The van der Waals surface area contributed by atoms with Crippen LogP contribution in [0.15, 0.2) is 34.3 Å². The quantitative estimate of drug-likeness (QED) is 0.405. The summed E-state index contributed by atoms with van der Waals surface area (Å²) in [4.78, 5) is 23.5. The fraction of sp³-hybridized carbons (Fsp3) is 0.333. The van der Waals surface area contributed by atoms with Gasteiger partial charge in [-0.05, 0) is 24.3 Å². The van der Waals surface area contributed by atoms with E-state index in [2.05, 4.69) is 0 Å². The van der Waals surface area contributed by atoms with Gasteiger partial charge in [-0.15, -0.1) is 23.2 Å². The molecule has 1 aromatic carbocycles. The van der Waals surface area contributed by atoms with Crippen molar-refractivity contribution in [3.05, 3.63) is 39.4 Å². The number of alkyl halides is 4. The van der Waals surface area contributed by atoms with Gasteiger partial charge in [0.1, 0.15) is 9.75 Å². The summed E-state index contributed by atoms with van der Waals surface area (Å²) in [5.41, 5.74) is 0.329. The van der Waals surface area contributed by atoms with E-state index >= 15 is 0 Å². The molecule has 3 aliphatic rings. The topological polar surface area (TPSA) is 37.4 Å². The van der Waals surface area contributed by atoms with Crippen LogP contribution in [0, 0.1) is 11.8 Å². The molecule has 0 aromatic heterocycles. The maximum atomic E-state index is 13.0. The first-order chi connectivity index (χ1) is 11.5. The third-order valence-electron chi connectivity index (χ3n) is 4.99. The summed E-state index contributed by atoms with van der Waals surface area (Å²) in [5.74, 6) is -3.47. The van der Waals surface area contributed by atoms with E-state index in [0.29, 0.717) is 10.7 Å². The van der Waals surface area contributed by atoms with E-state index in [0.717, 1.165) is 4.90 Å². The molecule has 1 heterocycles. The molecule has 1 saturated heterocycles. The Morgan fingerprint density at radius 2 is 1.16 bits per heavy atom. The van der Waals surface area contributed by atoms with Gasteiger partial charge < -0.3 is 0 Å². The Hall–Kier alpha value is 0.130. The normalized spacial score (nSPS) is 38.8. The second-order valence-corrected chi connectivity index (χ2v) is 9.78. The Balaban J connectivity index is 1.90. The highest BCUT2D eigenvalue weighted by Crippen LogP contribution is 2.77. The first-order valence-corrected chi connectivity index (χ1v) is 9.61. The van der Waals surface area contributed by atoms with Crippen LogP contribution >= 0.6 is 81.2 Å². The summed E-state index contributed by atoms with van der Waals surface area (Å²) in [6, 6.07) is 6.18. The molecule has 132 valence electrons. The summed E-state index contributed by atoms with van der Waals surface area (Å²) in [6.45, 7) is 0. The average Bonchev–Trinajstić information content (AvgIpc) is 2.94. The summed E-state index contributed by atoms with van der Waals surface area (Å²) in [6.07, 6.45) is 0. The number of amides is 2. The molecule has 4 rings (SSSR count). The van der Waals surface area contributed by atoms with E-state index < -0.39 is 37.7 Å². The third-order valence-corrected chi connectivity index (χ3v) is 9.50. The zero-order valence-electron chi connectivity index (χ0n) is 11.9. The lowest BCUT2D eigenvalue weighted by Crippen LogP contribution is -2.50. The van der Waals surface area contributed by atoms with Gasteiger partial charge in [0.15, 0.2) is 4.33 Å². The predicted octanol–water partition coefficient (Wildman–Crippen LogP) is 5.29. The maximum absolute atomic E-state index is 13.0. The van der Waals surface area contributed by atoms with Crippen molar-refractivity contribution in [1.29, 1.82) is 0 Å². The summed E-state index contributed by atoms with van der Waals surface area (Å²) >= 11 is 44.4. The molecular formula is C15H6Cl7NO2. The molecule has 0 N–H and O–H groups in total. The number of carbonyl (C=O) groups excluding carboxylic acids is 2. The van der Waals surface area contributed by atoms with Gasteiger partial charge in [-0.1, -0.05) is 58.0 Å². The van der Waals surface area contributed by atoms with Crippen LogP contribution in [0.1, 0.15) is 0 Å². The van der Waals surface area contributed by atoms with Crippen molar-refractivity contribution in [2.45, 2.75) is 14.1 Å². The predicted molar refractivity (Wildman–Crippen MR) is 101 cm³/mol. The number of hydrogen-bond donors (Lipinski definition) is 0. The largest absolute Gasteiger partial charge is 0.274 e. The summed E-state index contributed by atoms with van der Waals surface area (Å²) in [5, 5.41) is 0.228. The minimum Gasteiger partial charge on any atom is -0.274 e. The highest BCUT2D eigenvalue weighted by atomic mass is 35.5. The molecule has 1 saturated carbocycles. The van der Waals surface area contributed by atoms with Gasteiger partial charge in [0, 0.05) is 5.02 Å². The van der Waals surface area contributed by atoms with E-state index in [1.807, 2.05) is 0 Å². The van der Waals surface area contributed by atoms with E-state index in [1.54, 1.807) is 12.1 Å². The second kappa shape index (κ2) is 5.35. The van der Waals surface area contributed by atoms with Crippen molar-refractivity contribution in [3.8, 4) is 0 Å². The van der Waals surface area contributed by atoms with Gasteiger partial charge in [0.25, 0.3) is 0 Å². The number of carbonyl (C=O) groups is 2. The molecule has 2 amide bonds. The Labute approximate surface area is 177 Å². The molecular weight excluding hydrogens is 474 g/mol. The fourth-order valence-electron chi connectivity index (χ4n) is 3.84. The molecule has 10 heteroatoms. The lowest BCUT2D eigenvalue weighted by atomic mass is 9.84. The van der Waals surface area contributed by atoms with Crippen molar-refractivity contribution in [2.24, 2.45) is 11.8 Å². The number of rotatable bonds is 1. The molecule has 4 atom stereocenters. The molecule has 0 spiro atoms. The van der Waals surface area contributed by atoms with Gasteiger partial charge in [0.2, 0.25) is 11.8 Å². The molecule has 2 fully saturated rings. The monoisotopic (exact) mass is 477 g/mol. The first kappa shape index (κ1) is 18.5. The van der Waals surface area contributed by atoms with E-state index in [-0.39, 0.29) is 10.1 Å². The maximum Gasteiger partial charge on any atom is 0.240 e. The van der Waals surface area contributed by atoms with E-state index in [1.165, 1.54) is 12.1 Å².